The minimum atomic E-state index is -0.489. The minimum Gasteiger partial charge on any atom is -0.339 e. The molecule has 2 aromatic heterocycles. The zero-order valence-electron chi connectivity index (χ0n) is 15.1. The first kappa shape index (κ1) is 18.0. The van der Waals surface area contributed by atoms with Crippen LogP contribution in [0.4, 0.5) is 11.4 Å². The molecule has 0 radical (unpaired) electrons. The normalized spacial score (nSPS) is 10.7. The fraction of sp³-hybridized carbons (Fsp3) is 0.0526. The maximum absolute atomic E-state index is 12.7. The van der Waals surface area contributed by atoms with Gasteiger partial charge >= 0.3 is 0 Å². The molecule has 0 aliphatic rings. The molecule has 0 bridgehead atoms. The molecule has 0 atom stereocenters. The van der Waals surface area contributed by atoms with E-state index in [1.54, 1.807) is 49.5 Å². The lowest BCUT2D eigenvalue weighted by molar-refractivity contribution is -0.384. The topological polar surface area (TPSA) is 129 Å². The van der Waals surface area contributed by atoms with Crippen molar-refractivity contribution in [3.8, 4) is 17.1 Å². The first-order valence-corrected chi connectivity index (χ1v) is 8.53. The number of aryl methyl sites for hydroxylation is 1. The van der Waals surface area contributed by atoms with E-state index >= 15 is 0 Å². The van der Waals surface area contributed by atoms with Crippen molar-refractivity contribution in [3.63, 3.8) is 0 Å². The number of hydrogen-bond donors (Lipinski definition) is 1. The highest BCUT2D eigenvalue weighted by atomic mass is 16.6. The SMILES string of the molecule is Cc1nc(-c2ccccc2NC(=O)c2ccn(-c3cccc([N+](=O)[O-])c3)n2)no1. The third-order valence-corrected chi connectivity index (χ3v) is 4.07. The van der Waals surface area contributed by atoms with E-state index in [1.807, 2.05) is 0 Å². The molecular formula is C19H14N6O4. The molecule has 1 amide bonds. The molecular weight excluding hydrogens is 376 g/mol. The van der Waals surface area contributed by atoms with Crippen molar-refractivity contribution < 1.29 is 14.2 Å². The second kappa shape index (κ2) is 7.35. The summed E-state index contributed by atoms with van der Waals surface area (Å²) in [5.41, 5.74) is 1.67. The number of hydrogen-bond acceptors (Lipinski definition) is 7. The summed E-state index contributed by atoms with van der Waals surface area (Å²) in [6, 6.07) is 14.6. The molecule has 144 valence electrons. The summed E-state index contributed by atoms with van der Waals surface area (Å²) in [4.78, 5) is 27.3. The van der Waals surface area contributed by atoms with Gasteiger partial charge in [0.15, 0.2) is 5.69 Å². The maximum Gasteiger partial charge on any atom is 0.276 e. The number of nitro benzene ring substituents is 1. The van der Waals surface area contributed by atoms with Crippen molar-refractivity contribution in [1.29, 1.82) is 0 Å². The van der Waals surface area contributed by atoms with Gasteiger partial charge < -0.3 is 9.84 Å². The average Bonchev–Trinajstić information content (AvgIpc) is 3.38. The van der Waals surface area contributed by atoms with Crippen LogP contribution in [0.1, 0.15) is 16.4 Å². The van der Waals surface area contributed by atoms with Gasteiger partial charge in [-0.2, -0.15) is 10.1 Å². The molecule has 1 N–H and O–H groups in total. The first-order valence-electron chi connectivity index (χ1n) is 8.53. The van der Waals surface area contributed by atoms with E-state index in [9.17, 15) is 14.9 Å². The molecule has 0 fully saturated rings. The van der Waals surface area contributed by atoms with Crippen molar-refractivity contribution in [2.75, 3.05) is 5.32 Å². The van der Waals surface area contributed by atoms with Crippen LogP contribution in [0.25, 0.3) is 17.1 Å². The van der Waals surface area contributed by atoms with E-state index in [0.29, 0.717) is 28.7 Å². The molecule has 29 heavy (non-hydrogen) atoms. The molecule has 2 heterocycles. The number of aromatic nitrogens is 4. The molecule has 0 saturated carbocycles. The number of carbonyl (C=O) groups is 1. The number of carbonyl (C=O) groups excluding carboxylic acids is 1. The van der Waals surface area contributed by atoms with Crippen LogP contribution in [-0.4, -0.2) is 30.8 Å². The summed E-state index contributed by atoms with van der Waals surface area (Å²) in [5.74, 6) is 0.333. The fourth-order valence-electron chi connectivity index (χ4n) is 2.72. The van der Waals surface area contributed by atoms with E-state index < -0.39 is 10.8 Å². The van der Waals surface area contributed by atoms with Gasteiger partial charge in [-0.3, -0.25) is 14.9 Å². The van der Waals surface area contributed by atoms with E-state index in [4.69, 9.17) is 4.52 Å². The third kappa shape index (κ3) is 3.72. The number of benzene rings is 2. The highest BCUT2D eigenvalue weighted by Gasteiger charge is 2.16. The van der Waals surface area contributed by atoms with E-state index in [1.165, 1.54) is 22.9 Å². The van der Waals surface area contributed by atoms with Crippen LogP contribution in [0.5, 0.6) is 0 Å². The predicted octanol–water partition coefficient (Wildman–Crippen LogP) is 3.39. The number of amides is 1. The van der Waals surface area contributed by atoms with Crippen molar-refractivity contribution in [2.24, 2.45) is 0 Å². The Labute approximate surface area is 163 Å². The largest absolute Gasteiger partial charge is 0.339 e. The lowest BCUT2D eigenvalue weighted by Gasteiger charge is -2.07. The van der Waals surface area contributed by atoms with E-state index in [-0.39, 0.29) is 11.4 Å². The van der Waals surface area contributed by atoms with Gasteiger partial charge in [0.1, 0.15) is 0 Å². The van der Waals surface area contributed by atoms with Crippen molar-refractivity contribution in [1.82, 2.24) is 19.9 Å². The summed E-state index contributed by atoms with van der Waals surface area (Å²) in [6.07, 6.45) is 1.56. The molecule has 4 aromatic rings. The Kier molecular flexibility index (Phi) is 4.57. The highest BCUT2D eigenvalue weighted by Crippen LogP contribution is 2.26. The molecule has 0 unspecified atom stereocenters. The Morgan fingerprint density at radius 3 is 2.76 bits per heavy atom. The Bertz CT molecular complexity index is 1210. The molecule has 10 heteroatoms. The molecule has 0 saturated heterocycles. The van der Waals surface area contributed by atoms with Gasteiger partial charge in [0.2, 0.25) is 11.7 Å². The van der Waals surface area contributed by atoms with Gasteiger partial charge in [-0.1, -0.05) is 23.4 Å². The lowest BCUT2D eigenvalue weighted by atomic mass is 10.1. The molecule has 4 rings (SSSR count). The van der Waals surface area contributed by atoms with Gasteiger partial charge in [-0.05, 0) is 24.3 Å². The van der Waals surface area contributed by atoms with Crippen LogP contribution < -0.4 is 5.32 Å². The second-order valence-corrected chi connectivity index (χ2v) is 6.06. The summed E-state index contributed by atoms with van der Waals surface area (Å²) in [6.45, 7) is 1.68. The smallest absolute Gasteiger partial charge is 0.276 e. The monoisotopic (exact) mass is 390 g/mol. The second-order valence-electron chi connectivity index (χ2n) is 6.06. The van der Waals surface area contributed by atoms with Crippen molar-refractivity contribution in [3.05, 3.63) is 82.5 Å². The number of nitrogens with zero attached hydrogens (tertiary/aromatic N) is 5. The van der Waals surface area contributed by atoms with Gasteiger partial charge in [-0.25, -0.2) is 4.68 Å². The van der Waals surface area contributed by atoms with E-state index in [2.05, 4.69) is 20.6 Å². The van der Waals surface area contributed by atoms with Crippen LogP contribution in [0, 0.1) is 17.0 Å². The molecule has 10 nitrogen and oxygen atoms in total. The summed E-state index contributed by atoms with van der Waals surface area (Å²) >= 11 is 0. The summed E-state index contributed by atoms with van der Waals surface area (Å²) in [5, 5.41) is 21.8. The van der Waals surface area contributed by atoms with E-state index in [0.717, 1.165) is 0 Å². The number of rotatable bonds is 5. The third-order valence-electron chi connectivity index (χ3n) is 4.07. The lowest BCUT2D eigenvalue weighted by Crippen LogP contribution is -2.14. The number of para-hydroxylation sites is 1. The minimum absolute atomic E-state index is 0.0617. The van der Waals surface area contributed by atoms with Gasteiger partial charge in [0.05, 0.1) is 16.3 Å². The number of nitro groups is 1. The molecule has 0 aliphatic carbocycles. The van der Waals surface area contributed by atoms with Gasteiger partial charge in [0.25, 0.3) is 11.6 Å². The standard InChI is InChI=1S/C19H14N6O4/c1-12-20-18(23-29-12)15-7-2-3-8-16(15)21-19(26)17-9-10-24(22-17)13-5-4-6-14(11-13)25(27)28/h2-11H,1H3,(H,21,26). The summed E-state index contributed by atoms with van der Waals surface area (Å²) in [7, 11) is 0. The van der Waals surface area contributed by atoms with Crippen LogP contribution in [-0.2, 0) is 0 Å². The highest BCUT2D eigenvalue weighted by molar-refractivity contribution is 6.04. The number of anilines is 1. The Hall–Kier alpha value is -4.34. The zero-order valence-corrected chi connectivity index (χ0v) is 15.1. The van der Waals surface area contributed by atoms with Crippen molar-refractivity contribution in [2.45, 2.75) is 6.92 Å². The summed E-state index contributed by atoms with van der Waals surface area (Å²) < 4.78 is 6.40. The van der Waals surface area contributed by atoms with Gasteiger partial charge in [0, 0.05) is 30.8 Å². The van der Waals surface area contributed by atoms with Crippen LogP contribution >= 0.6 is 0 Å². The van der Waals surface area contributed by atoms with Gasteiger partial charge in [-0.15, -0.1) is 0 Å². The Morgan fingerprint density at radius 1 is 1.17 bits per heavy atom. The van der Waals surface area contributed by atoms with Crippen LogP contribution in [0.2, 0.25) is 0 Å². The molecule has 2 aromatic carbocycles. The van der Waals surface area contributed by atoms with Crippen LogP contribution in [0.3, 0.4) is 0 Å². The average molecular weight is 390 g/mol. The molecule has 0 spiro atoms. The van der Waals surface area contributed by atoms with Crippen LogP contribution in [0.15, 0.2) is 65.3 Å². The quantitative estimate of drug-likeness (QED) is 0.408. The molecule has 0 aliphatic heterocycles. The number of non-ortho nitro benzene ring substituents is 1. The Balaban J connectivity index is 1.58. The fourth-order valence-corrected chi connectivity index (χ4v) is 2.72. The first-order chi connectivity index (χ1) is 14.0. The zero-order chi connectivity index (χ0) is 20.4. The predicted molar refractivity (Wildman–Crippen MR) is 103 cm³/mol. The number of nitrogens with one attached hydrogen (secondary N) is 1. The van der Waals surface area contributed by atoms with Crippen molar-refractivity contribution >= 4 is 17.3 Å². The Morgan fingerprint density at radius 2 is 2.00 bits per heavy atom. The maximum atomic E-state index is 12.7.